The van der Waals surface area contributed by atoms with Crippen molar-refractivity contribution in [3.05, 3.63) is 17.5 Å². The van der Waals surface area contributed by atoms with Gasteiger partial charge in [-0.3, -0.25) is 14.4 Å². The van der Waals surface area contributed by atoms with Crippen molar-refractivity contribution in [2.45, 2.75) is 62.8 Å². The SMILES string of the molecule is COCC(=O)NC[C@H]1C[C@@H]2CCN1C[C@H]2c1cc(C2CCCCC2)nn1C. The predicted molar refractivity (Wildman–Crippen MR) is 105 cm³/mol. The number of rotatable bonds is 6. The third kappa shape index (κ3) is 4.06. The van der Waals surface area contributed by atoms with Crippen molar-refractivity contribution in [3.63, 3.8) is 0 Å². The molecule has 1 N–H and O–H groups in total. The molecule has 1 aromatic heterocycles. The molecule has 1 aromatic rings. The van der Waals surface area contributed by atoms with Gasteiger partial charge in [0.2, 0.25) is 5.91 Å². The average Bonchev–Trinajstić information content (AvgIpc) is 3.09. The van der Waals surface area contributed by atoms with E-state index < -0.39 is 0 Å². The second-order valence-electron chi connectivity index (χ2n) is 8.73. The standard InChI is InChI=1S/C21H34N4O2/c1-24-20(11-19(23-24)15-6-4-3-5-7-15)18-13-25-9-8-16(18)10-17(25)12-22-21(26)14-27-2/h11,15-18H,3-10,12-14H2,1-2H3,(H,22,26)/t16-,17+,18+/m0/s1. The Morgan fingerprint density at radius 2 is 2.11 bits per heavy atom. The van der Waals surface area contributed by atoms with Gasteiger partial charge >= 0.3 is 0 Å². The minimum atomic E-state index is -0.0135. The molecule has 1 unspecified atom stereocenters. The number of piperidine rings is 3. The number of aryl methyl sites for hydroxylation is 1. The van der Waals surface area contributed by atoms with Crippen LogP contribution in [0.4, 0.5) is 0 Å². The van der Waals surface area contributed by atoms with Crippen LogP contribution in [0, 0.1) is 5.92 Å². The van der Waals surface area contributed by atoms with Gasteiger partial charge in [0.1, 0.15) is 6.61 Å². The number of hydrogen-bond donors (Lipinski definition) is 1. The van der Waals surface area contributed by atoms with Crippen LogP contribution < -0.4 is 5.32 Å². The molecule has 0 spiro atoms. The Kier molecular flexibility index (Phi) is 5.83. The van der Waals surface area contributed by atoms with Crippen molar-refractivity contribution < 1.29 is 9.53 Å². The quantitative estimate of drug-likeness (QED) is 0.831. The van der Waals surface area contributed by atoms with Crippen LogP contribution in [0.25, 0.3) is 0 Å². The number of amides is 1. The van der Waals surface area contributed by atoms with E-state index in [0.29, 0.717) is 23.8 Å². The summed E-state index contributed by atoms with van der Waals surface area (Å²) in [5, 5.41) is 7.95. The number of methoxy groups -OCH3 is 1. The molecule has 0 aromatic carbocycles. The maximum atomic E-state index is 11.7. The van der Waals surface area contributed by atoms with Crippen molar-refractivity contribution in [1.29, 1.82) is 0 Å². The molecule has 3 aliphatic heterocycles. The Labute approximate surface area is 162 Å². The molecule has 6 heteroatoms. The summed E-state index contributed by atoms with van der Waals surface area (Å²) in [7, 11) is 3.69. The Balaban J connectivity index is 1.40. The summed E-state index contributed by atoms with van der Waals surface area (Å²) in [4.78, 5) is 14.3. The van der Waals surface area contributed by atoms with E-state index >= 15 is 0 Å². The zero-order chi connectivity index (χ0) is 18.8. The summed E-state index contributed by atoms with van der Waals surface area (Å²) >= 11 is 0. The van der Waals surface area contributed by atoms with Gasteiger partial charge in [0.25, 0.3) is 0 Å². The maximum absolute atomic E-state index is 11.7. The molecule has 27 heavy (non-hydrogen) atoms. The van der Waals surface area contributed by atoms with E-state index in [-0.39, 0.29) is 12.5 Å². The van der Waals surface area contributed by atoms with Crippen LogP contribution in [-0.4, -0.2) is 60.0 Å². The molecule has 5 rings (SSSR count). The summed E-state index contributed by atoms with van der Waals surface area (Å²) < 4.78 is 7.07. The van der Waals surface area contributed by atoms with Crippen molar-refractivity contribution in [2.75, 3.05) is 33.4 Å². The van der Waals surface area contributed by atoms with Gasteiger partial charge in [-0.2, -0.15) is 5.10 Å². The highest BCUT2D eigenvalue weighted by molar-refractivity contribution is 5.77. The predicted octanol–water partition coefficient (Wildman–Crippen LogP) is 2.41. The van der Waals surface area contributed by atoms with Crippen LogP contribution in [0.1, 0.15) is 68.2 Å². The Bertz CT molecular complexity index is 653. The first-order valence-electron chi connectivity index (χ1n) is 10.7. The highest BCUT2D eigenvalue weighted by Gasteiger charge is 2.42. The average molecular weight is 375 g/mol. The fraction of sp³-hybridized carbons (Fsp3) is 0.810. The second kappa shape index (κ2) is 8.31. The number of nitrogens with one attached hydrogen (secondary N) is 1. The van der Waals surface area contributed by atoms with E-state index in [4.69, 9.17) is 9.84 Å². The number of fused-ring (bicyclic) bond motifs is 3. The minimum Gasteiger partial charge on any atom is -0.375 e. The van der Waals surface area contributed by atoms with Gasteiger partial charge in [0.05, 0.1) is 5.69 Å². The summed E-state index contributed by atoms with van der Waals surface area (Å²) in [5.41, 5.74) is 2.75. The molecule has 4 aliphatic rings. The molecule has 1 amide bonds. The van der Waals surface area contributed by atoms with Crippen LogP contribution in [0.2, 0.25) is 0 Å². The van der Waals surface area contributed by atoms with E-state index in [2.05, 4.69) is 28.0 Å². The largest absolute Gasteiger partial charge is 0.375 e. The summed E-state index contributed by atoms with van der Waals surface area (Å²) in [6, 6.07) is 2.88. The number of aromatic nitrogens is 2. The molecule has 2 bridgehead atoms. The smallest absolute Gasteiger partial charge is 0.246 e. The summed E-state index contributed by atoms with van der Waals surface area (Å²) in [6.45, 7) is 3.14. The molecule has 1 saturated carbocycles. The number of ether oxygens (including phenoxy) is 1. The van der Waals surface area contributed by atoms with E-state index in [0.717, 1.165) is 19.6 Å². The topological polar surface area (TPSA) is 59.4 Å². The van der Waals surface area contributed by atoms with Gasteiger partial charge < -0.3 is 10.1 Å². The molecular formula is C21H34N4O2. The lowest BCUT2D eigenvalue weighted by molar-refractivity contribution is -0.125. The van der Waals surface area contributed by atoms with Crippen molar-refractivity contribution in [2.24, 2.45) is 13.0 Å². The number of hydrogen-bond acceptors (Lipinski definition) is 4. The second-order valence-corrected chi connectivity index (χ2v) is 8.73. The molecule has 3 saturated heterocycles. The summed E-state index contributed by atoms with van der Waals surface area (Å²) in [6.07, 6.45) is 9.14. The van der Waals surface area contributed by atoms with Crippen LogP contribution >= 0.6 is 0 Å². The molecular weight excluding hydrogens is 340 g/mol. The first kappa shape index (κ1) is 18.9. The van der Waals surface area contributed by atoms with Gasteiger partial charge in [0.15, 0.2) is 0 Å². The third-order valence-electron chi connectivity index (χ3n) is 7.03. The molecule has 150 valence electrons. The van der Waals surface area contributed by atoms with Crippen LogP contribution in [0.3, 0.4) is 0 Å². The fourth-order valence-corrected chi connectivity index (χ4v) is 5.55. The monoisotopic (exact) mass is 374 g/mol. The van der Waals surface area contributed by atoms with Crippen molar-refractivity contribution >= 4 is 5.91 Å². The van der Waals surface area contributed by atoms with E-state index in [1.807, 2.05) is 0 Å². The Morgan fingerprint density at radius 3 is 2.81 bits per heavy atom. The summed E-state index contributed by atoms with van der Waals surface area (Å²) in [5.74, 6) is 1.94. The van der Waals surface area contributed by atoms with Crippen LogP contribution in [0.5, 0.6) is 0 Å². The molecule has 4 atom stereocenters. The lowest BCUT2D eigenvalue weighted by Crippen LogP contribution is -2.56. The van der Waals surface area contributed by atoms with Crippen molar-refractivity contribution in [3.8, 4) is 0 Å². The zero-order valence-corrected chi connectivity index (χ0v) is 16.8. The van der Waals surface area contributed by atoms with Crippen molar-refractivity contribution in [1.82, 2.24) is 20.0 Å². The van der Waals surface area contributed by atoms with E-state index in [1.165, 1.54) is 56.3 Å². The van der Waals surface area contributed by atoms with Crippen LogP contribution in [-0.2, 0) is 16.6 Å². The number of carbonyl (C=O) groups is 1. The highest BCUT2D eigenvalue weighted by Crippen LogP contribution is 2.42. The molecule has 4 fully saturated rings. The first-order valence-corrected chi connectivity index (χ1v) is 10.7. The lowest BCUT2D eigenvalue weighted by atomic mass is 9.74. The molecule has 0 radical (unpaired) electrons. The highest BCUT2D eigenvalue weighted by atomic mass is 16.5. The first-order chi connectivity index (χ1) is 13.2. The van der Waals surface area contributed by atoms with E-state index in [9.17, 15) is 4.79 Å². The molecule has 1 aliphatic carbocycles. The fourth-order valence-electron chi connectivity index (χ4n) is 5.55. The Morgan fingerprint density at radius 1 is 1.30 bits per heavy atom. The minimum absolute atomic E-state index is 0.0135. The van der Waals surface area contributed by atoms with Gasteiger partial charge in [-0.1, -0.05) is 19.3 Å². The van der Waals surface area contributed by atoms with Gasteiger partial charge in [0, 0.05) is 50.8 Å². The number of nitrogens with zero attached hydrogens (tertiary/aromatic N) is 3. The van der Waals surface area contributed by atoms with Gasteiger partial charge in [-0.05, 0) is 44.2 Å². The molecule has 4 heterocycles. The Hall–Kier alpha value is -1.40. The zero-order valence-electron chi connectivity index (χ0n) is 16.8. The van der Waals surface area contributed by atoms with Gasteiger partial charge in [-0.15, -0.1) is 0 Å². The van der Waals surface area contributed by atoms with Gasteiger partial charge in [-0.25, -0.2) is 0 Å². The third-order valence-corrected chi connectivity index (χ3v) is 7.03. The molecule has 6 nitrogen and oxygen atoms in total. The number of carbonyl (C=O) groups excluding carboxylic acids is 1. The lowest BCUT2D eigenvalue weighted by Gasteiger charge is -2.50. The maximum Gasteiger partial charge on any atom is 0.246 e. The normalized spacial score (nSPS) is 31.2. The van der Waals surface area contributed by atoms with Crippen LogP contribution in [0.15, 0.2) is 6.07 Å². The van der Waals surface area contributed by atoms with E-state index in [1.54, 1.807) is 7.11 Å².